The highest BCUT2D eigenvalue weighted by Gasteiger charge is 2.52. The Labute approximate surface area is 186 Å². The monoisotopic (exact) mass is 460 g/mol. The molecule has 0 radical (unpaired) electrons. The third-order valence-corrected chi connectivity index (χ3v) is 4.24. The van der Waals surface area contributed by atoms with Gasteiger partial charge in [0.1, 0.15) is 6.04 Å². The molecule has 1 rings (SSSR count). The third-order valence-electron chi connectivity index (χ3n) is 4.24. The van der Waals surface area contributed by atoms with E-state index in [9.17, 15) is 24.0 Å². The summed E-state index contributed by atoms with van der Waals surface area (Å²) in [5.74, 6) is -2.73. The summed E-state index contributed by atoms with van der Waals surface area (Å²) in [5, 5.41) is 5.29. The van der Waals surface area contributed by atoms with Gasteiger partial charge in [-0.1, -0.05) is 0 Å². The van der Waals surface area contributed by atoms with E-state index in [0.29, 0.717) is 13.0 Å². The summed E-state index contributed by atoms with van der Waals surface area (Å²) in [6, 6.07) is -1.04. The standard InChI is InChI=1S/C20H32N2O10/c1-11(23)21-9-7-6-8-10-28-19-16(22-12(2)24)17(29-13(3)25)18(30-14(4)26)20(32-19)31-15(5)27/h16-20H,6-10H2,1-5H3,(H,21,23)(H,22,24)/t16-,17-,18-,19-,20+/m1/s1. The van der Waals surface area contributed by atoms with Gasteiger partial charge in [-0.25, -0.2) is 0 Å². The van der Waals surface area contributed by atoms with Crippen molar-refractivity contribution in [2.45, 2.75) is 84.7 Å². The van der Waals surface area contributed by atoms with E-state index in [1.807, 2.05) is 0 Å². The Hall–Kier alpha value is -2.73. The lowest BCUT2D eigenvalue weighted by Gasteiger charge is -2.44. The fourth-order valence-corrected chi connectivity index (χ4v) is 3.11. The van der Waals surface area contributed by atoms with Crippen LogP contribution in [0.1, 0.15) is 53.9 Å². The van der Waals surface area contributed by atoms with Crippen LogP contribution in [0, 0.1) is 0 Å². The average molecular weight is 460 g/mol. The molecule has 12 nitrogen and oxygen atoms in total. The Balaban J connectivity index is 2.97. The average Bonchev–Trinajstić information content (AvgIpc) is 2.64. The van der Waals surface area contributed by atoms with Gasteiger partial charge in [0.2, 0.25) is 24.2 Å². The quantitative estimate of drug-likeness (QED) is 0.243. The third kappa shape index (κ3) is 10.1. The van der Waals surface area contributed by atoms with Crippen LogP contribution >= 0.6 is 0 Å². The van der Waals surface area contributed by atoms with Crippen LogP contribution in [0.15, 0.2) is 0 Å². The van der Waals surface area contributed by atoms with E-state index in [2.05, 4.69) is 10.6 Å². The van der Waals surface area contributed by atoms with Gasteiger partial charge in [-0.15, -0.1) is 0 Å². The van der Waals surface area contributed by atoms with Gasteiger partial charge >= 0.3 is 17.9 Å². The molecule has 32 heavy (non-hydrogen) atoms. The van der Waals surface area contributed by atoms with E-state index < -0.39 is 54.6 Å². The van der Waals surface area contributed by atoms with Crippen LogP contribution in [0.25, 0.3) is 0 Å². The molecule has 2 amide bonds. The molecule has 5 atom stereocenters. The molecule has 0 aromatic heterocycles. The second-order valence-electron chi connectivity index (χ2n) is 7.27. The fraction of sp³-hybridized carbons (Fsp3) is 0.750. The van der Waals surface area contributed by atoms with E-state index in [1.54, 1.807) is 0 Å². The Kier molecular flexibility index (Phi) is 11.6. The Morgan fingerprint density at radius 2 is 1.31 bits per heavy atom. The summed E-state index contributed by atoms with van der Waals surface area (Å²) >= 11 is 0. The number of rotatable bonds is 11. The van der Waals surface area contributed by atoms with Crippen LogP contribution in [0.3, 0.4) is 0 Å². The molecule has 0 aliphatic carbocycles. The van der Waals surface area contributed by atoms with Crippen molar-refractivity contribution in [2.24, 2.45) is 0 Å². The lowest BCUT2D eigenvalue weighted by atomic mass is 10.00. The van der Waals surface area contributed by atoms with Crippen molar-refractivity contribution >= 4 is 29.7 Å². The molecule has 0 saturated carbocycles. The Morgan fingerprint density at radius 3 is 1.84 bits per heavy atom. The summed E-state index contributed by atoms with van der Waals surface area (Å²) in [7, 11) is 0. The first-order valence-corrected chi connectivity index (χ1v) is 10.3. The van der Waals surface area contributed by atoms with Crippen molar-refractivity contribution < 1.29 is 47.7 Å². The summed E-state index contributed by atoms with van der Waals surface area (Å²) < 4.78 is 27.1. The largest absolute Gasteiger partial charge is 0.456 e. The van der Waals surface area contributed by atoms with Crippen molar-refractivity contribution in [1.82, 2.24) is 10.6 Å². The van der Waals surface area contributed by atoms with E-state index >= 15 is 0 Å². The van der Waals surface area contributed by atoms with Crippen LogP contribution in [0.2, 0.25) is 0 Å². The molecule has 1 fully saturated rings. The van der Waals surface area contributed by atoms with Crippen LogP contribution < -0.4 is 10.6 Å². The van der Waals surface area contributed by atoms with Gasteiger partial charge in [0, 0.05) is 47.8 Å². The van der Waals surface area contributed by atoms with E-state index in [0.717, 1.165) is 33.6 Å². The molecule has 2 N–H and O–H groups in total. The molecular formula is C20H32N2O10. The van der Waals surface area contributed by atoms with Gasteiger partial charge in [0.25, 0.3) is 0 Å². The van der Waals surface area contributed by atoms with Gasteiger partial charge in [0.05, 0.1) is 0 Å². The highest BCUT2D eigenvalue weighted by atomic mass is 16.8. The highest BCUT2D eigenvalue weighted by molar-refractivity contribution is 5.74. The van der Waals surface area contributed by atoms with Gasteiger partial charge in [-0.05, 0) is 19.3 Å². The maximum absolute atomic E-state index is 11.8. The predicted molar refractivity (Wildman–Crippen MR) is 108 cm³/mol. The predicted octanol–water partition coefficient (Wildman–Crippen LogP) is -0.0770. The zero-order valence-electron chi connectivity index (χ0n) is 19.0. The first kappa shape index (κ1) is 27.3. The number of amides is 2. The first-order chi connectivity index (χ1) is 15.0. The van der Waals surface area contributed by atoms with Gasteiger partial charge in [-0.2, -0.15) is 0 Å². The maximum Gasteiger partial charge on any atom is 0.305 e. The first-order valence-electron chi connectivity index (χ1n) is 10.3. The van der Waals surface area contributed by atoms with Crippen LogP contribution in [0.5, 0.6) is 0 Å². The molecule has 1 saturated heterocycles. The van der Waals surface area contributed by atoms with Crippen LogP contribution in [-0.2, 0) is 47.7 Å². The molecule has 0 bridgehead atoms. The number of esters is 3. The number of hydrogen-bond acceptors (Lipinski definition) is 10. The molecule has 1 aliphatic rings. The summed E-state index contributed by atoms with van der Waals surface area (Å²) in [5.41, 5.74) is 0. The van der Waals surface area contributed by atoms with Crippen LogP contribution in [-0.4, -0.2) is 73.7 Å². The van der Waals surface area contributed by atoms with Crippen molar-refractivity contribution in [3.8, 4) is 0 Å². The molecule has 1 heterocycles. The topological polar surface area (TPSA) is 156 Å². The van der Waals surface area contributed by atoms with Crippen molar-refractivity contribution in [2.75, 3.05) is 13.2 Å². The number of unbranched alkanes of at least 4 members (excludes halogenated alkanes) is 2. The van der Waals surface area contributed by atoms with Crippen molar-refractivity contribution in [1.29, 1.82) is 0 Å². The number of nitrogens with one attached hydrogen (secondary N) is 2. The summed E-state index contributed by atoms with van der Waals surface area (Å²) in [6.07, 6.45) is -3.04. The summed E-state index contributed by atoms with van der Waals surface area (Å²) in [4.78, 5) is 57.6. The van der Waals surface area contributed by atoms with Gasteiger partial charge in [-0.3, -0.25) is 24.0 Å². The zero-order chi connectivity index (χ0) is 24.3. The molecule has 0 spiro atoms. The Bertz CT molecular complexity index is 683. The minimum atomic E-state index is -1.42. The molecule has 0 unspecified atom stereocenters. The number of carbonyl (C=O) groups is 5. The minimum Gasteiger partial charge on any atom is -0.456 e. The number of hydrogen-bond donors (Lipinski definition) is 2. The second-order valence-corrected chi connectivity index (χ2v) is 7.27. The molecular weight excluding hydrogens is 428 g/mol. The SMILES string of the molecule is CC(=O)NCCCCCO[C@@H]1O[C@H](OC(C)=O)[C@H](OC(C)=O)[C@H](OC(C)=O)[C@H]1NC(C)=O. The summed E-state index contributed by atoms with van der Waals surface area (Å²) in [6.45, 7) is 6.86. The molecule has 182 valence electrons. The van der Waals surface area contributed by atoms with E-state index in [1.165, 1.54) is 13.8 Å². The smallest absolute Gasteiger partial charge is 0.305 e. The molecule has 12 heteroatoms. The van der Waals surface area contributed by atoms with E-state index in [-0.39, 0.29) is 12.5 Å². The molecule has 0 aromatic carbocycles. The van der Waals surface area contributed by atoms with Gasteiger partial charge < -0.3 is 34.3 Å². The lowest BCUT2D eigenvalue weighted by molar-refractivity contribution is -0.321. The minimum absolute atomic E-state index is 0.106. The lowest BCUT2D eigenvalue weighted by Crippen LogP contribution is -2.66. The van der Waals surface area contributed by atoms with E-state index in [4.69, 9.17) is 23.7 Å². The van der Waals surface area contributed by atoms with Crippen LogP contribution in [0.4, 0.5) is 0 Å². The number of ether oxygens (including phenoxy) is 5. The number of carbonyl (C=O) groups excluding carboxylic acids is 5. The van der Waals surface area contributed by atoms with Gasteiger partial charge in [0.15, 0.2) is 12.4 Å². The normalized spacial score (nSPS) is 24.7. The van der Waals surface area contributed by atoms with Crippen molar-refractivity contribution in [3.05, 3.63) is 0 Å². The zero-order valence-corrected chi connectivity index (χ0v) is 19.0. The Morgan fingerprint density at radius 1 is 0.719 bits per heavy atom. The maximum atomic E-state index is 11.8. The van der Waals surface area contributed by atoms with Crippen molar-refractivity contribution in [3.63, 3.8) is 0 Å². The highest BCUT2D eigenvalue weighted by Crippen LogP contribution is 2.28. The second kappa shape index (κ2) is 13.6. The molecule has 1 aliphatic heterocycles. The fourth-order valence-electron chi connectivity index (χ4n) is 3.11. The molecule has 0 aromatic rings.